The summed E-state index contributed by atoms with van der Waals surface area (Å²) in [6.45, 7) is 4.63. The molecule has 1 aliphatic heterocycles. The number of rotatable bonds is 7. The number of hydrogen-bond acceptors (Lipinski definition) is 8. The van der Waals surface area contributed by atoms with Gasteiger partial charge in [0, 0.05) is 39.0 Å². The molecule has 2 heterocycles. The van der Waals surface area contributed by atoms with Crippen LogP contribution in [0, 0.1) is 5.92 Å². The Balaban J connectivity index is 1.89. The number of likely N-dealkylation sites (N-methyl/N-ethyl adjacent to an activating group) is 1. The Morgan fingerprint density at radius 2 is 2.09 bits per heavy atom. The highest BCUT2D eigenvalue weighted by Gasteiger charge is 2.32. The summed E-state index contributed by atoms with van der Waals surface area (Å²) in [6, 6.07) is 6.09. The minimum atomic E-state index is -3.87. The largest absolute Gasteiger partial charge is 0.495 e. The molecule has 0 bridgehead atoms. The predicted octanol–water partition coefficient (Wildman–Crippen LogP) is 1.13. The molecule has 35 heavy (non-hydrogen) atoms. The lowest BCUT2D eigenvalue weighted by Gasteiger charge is -2.35. The van der Waals surface area contributed by atoms with E-state index in [1.54, 1.807) is 40.9 Å². The number of para-hydroxylation sites is 1. The first-order valence-electron chi connectivity index (χ1n) is 11.7. The third-order valence-corrected chi connectivity index (χ3v) is 8.20. The molecule has 194 valence electrons. The zero-order chi connectivity index (χ0) is 25.6. The standard InChI is InChI=1S/C23H35N5O6S/c1-17-13-27(18(2)15-29)23(30)10-7-11-28-19(12-24-25-28)16-34-21(17)14-26(3)35(31,32)22-9-6-5-8-20(22)33-4/h5-6,8-9,12,17-18,21,29H,7,10-11,13-16H2,1-4H3/t17-,18-,21+/m0/s1. The molecule has 0 radical (unpaired) electrons. The maximum Gasteiger partial charge on any atom is 0.246 e. The van der Waals surface area contributed by atoms with E-state index < -0.39 is 16.1 Å². The summed E-state index contributed by atoms with van der Waals surface area (Å²) < 4.78 is 41.2. The molecule has 0 fully saturated rings. The van der Waals surface area contributed by atoms with Crippen LogP contribution < -0.4 is 4.74 Å². The maximum atomic E-state index is 13.4. The molecular formula is C23H35N5O6S. The van der Waals surface area contributed by atoms with E-state index in [-0.39, 0.29) is 48.3 Å². The van der Waals surface area contributed by atoms with Crippen LogP contribution in [0.5, 0.6) is 5.75 Å². The molecule has 0 unspecified atom stereocenters. The van der Waals surface area contributed by atoms with Gasteiger partial charge in [0.1, 0.15) is 10.6 Å². The lowest BCUT2D eigenvalue weighted by atomic mass is 10.0. The van der Waals surface area contributed by atoms with E-state index in [1.807, 2.05) is 6.92 Å². The summed E-state index contributed by atoms with van der Waals surface area (Å²) in [4.78, 5) is 14.7. The second kappa shape index (κ2) is 11.9. The first-order chi connectivity index (χ1) is 16.7. The number of ether oxygens (including phenoxy) is 2. The average molecular weight is 510 g/mol. The van der Waals surface area contributed by atoms with Crippen molar-refractivity contribution in [2.45, 2.75) is 56.9 Å². The Bertz CT molecular complexity index is 1090. The molecule has 3 rings (SSSR count). The van der Waals surface area contributed by atoms with Gasteiger partial charge in [-0.1, -0.05) is 24.3 Å². The van der Waals surface area contributed by atoms with Gasteiger partial charge >= 0.3 is 0 Å². The lowest BCUT2D eigenvalue weighted by Crippen LogP contribution is -2.47. The highest BCUT2D eigenvalue weighted by molar-refractivity contribution is 7.89. The summed E-state index contributed by atoms with van der Waals surface area (Å²) in [5, 5.41) is 17.8. The number of amides is 1. The number of sulfonamides is 1. The highest BCUT2D eigenvalue weighted by atomic mass is 32.2. The molecule has 12 heteroatoms. The van der Waals surface area contributed by atoms with E-state index in [1.165, 1.54) is 24.5 Å². The monoisotopic (exact) mass is 509 g/mol. The van der Waals surface area contributed by atoms with Gasteiger partial charge in [0.15, 0.2) is 0 Å². The molecule has 0 saturated heterocycles. The van der Waals surface area contributed by atoms with Crippen molar-refractivity contribution in [2.24, 2.45) is 5.92 Å². The minimum Gasteiger partial charge on any atom is -0.495 e. The molecule has 1 aromatic heterocycles. The van der Waals surface area contributed by atoms with E-state index in [4.69, 9.17) is 9.47 Å². The molecule has 11 nitrogen and oxygen atoms in total. The summed E-state index contributed by atoms with van der Waals surface area (Å²) >= 11 is 0. The number of aliphatic hydroxyl groups excluding tert-OH is 1. The van der Waals surface area contributed by atoms with E-state index in [2.05, 4.69) is 10.3 Å². The number of carbonyl (C=O) groups excluding carboxylic acids is 1. The quantitative estimate of drug-likeness (QED) is 0.589. The number of carbonyl (C=O) groups is 1. The number of hydrogen-bond donors (Lipinski definition) is 1. The van der Waals surface area contributed by atoms with Crippen molar-refractivity contribution < 1.29 is 27.8 Å². The van der Waals surface area contributed by atoms with Gasteiger partial charge < -0.3 is 19.5 Å². The number of nitrogens with zero attached hydrogens (tertiary/aromatic N) is 5. The van der Waals surface area contributed by atoms with Crippen LogP contribution in [0.15, 0.2) is 35.4 Å². The van der Waals surface area contributed by atoms with Crippen molar-refractivity contribution in [1.82, 2.24) is 24.2 Å². The molecule has 1 N–H and O–H groups in total. The van der Waals surface area contributed by atoms with Crippen molar-refractivity contribution in [3.05, 3.63) is 36.2 Å². The van der Waals surface area contributed by atoms with Crippen LogP contribution in [0.4, 0.5) is 0 Å². The number of aryl methyl sites for hydroxylation is 1. The van der Waals surface area contributed by atoms with Crippen LogP contribution in [0.3, 0.4) is 0 Å². The van der Waals surface area contributed by atoms with Gasteiger partial charge in [0.05, 0.1) is 44.4 Å². The van der Waals surface area contributed by atoms with Gasteiger partial charge in [-0.15, -0.1) is 5.10 Å². The number of fused-ring (bicyclic) bond motifs is 1. The van der Waals surface area contributed by atoms with Crippen molar-refractivity contribution >= 4 is 15.9 Å². The zero-order valence-electron chi connectivity index (χ0n) is 20.7. The van der Waals surface area contributed by atoms with Crippen LogP contribution in [0.25, 0.3) is 0 Å². The van der Waals surface area contributed by atoms with E-state index in [0.717, 1.165) is 5.69 Å². The Labute approximate surface area is 206 Å². The second-order valence-electron chi connectivity index (χ2n) is 8.89. The summed E-state index contributed by atoms with van der Waals surface area (Å²) in [5.41, 5.74) is 0.756. The van der Waals surface area contributed by atoms with Crippen LogP contribution in [-0.4, -0.2) is 89.6 Å². The molecule has 0 saturated carbocycles. The van der Waals surface area contributed by atoms with Crippen LogP contribution in [0.1, 0.15) is 32.4 Å². The third-order valence-electron chi connectivity index (χ3n) is 6.33. The predicted molar refractivity (Wildman–Crippen MR) is 128 cm³/mol. The molecule has 0 spiro atoms. The molecule has 3 atom stereocenters. The van der Waals surface area contributed by atoms with Crippen LogP contribution in [0.2, 0.25) is 0 Å². The Kier molecular flexibility index (Phi) is 9.22. The van der Waals surface area contributed by atoms with Crippen molar-refractivity contribution in [1.29, 1.82) is 0 Å². The molecule has 1 aliphatic rings. The van der Waals surface area contributed by atoms with E-state index >= 15 is 0 Å². The summed E-state index contributed by atoms with van der Waals surface area (Å²) in [6.07, 6.45) is 1.96. The van der Waals surface area contributed by atoms with Gasteiger partial charge in [-0.05, 0) is 25.5 Å². The molecular weight excluding hydrogens is 474 g/mol. The number of benzene rings is 1. The highest BCUT2D eigenvalue weighted by Crippen LogP contribution is 2.27. The Hall–Kier alpha value is -2.54. The fraction of sp³-hybridized carbons (Fsp3) is 0.609. The summed E-state index contributed by atoms with van der Waals surface area (Å²) in [7, 11) is -0.945. The number of methoxy groups -OCH3 is 1. The fourth-order valence-corrected chi connectivity index (χ4v) is 5.43. The van der Waals surface area contributed by atoms with Gasteiger partial charge in [-0.3, -0.25) is 4.79 Å². The molecule has 1 amide bonds. The zero-order valence-corrected chi connectivity index (χ0v) is 21.5. The van der Waals surface area contributed by atoms with E-state index in [9.17, 15) is 18.3 Å². The Morgan fingerprint density at radius 1 is 1.34 bits per heavy atom. The van der Waals surface area contributed by atoms with Gasteiger partial charge in [0.2, 0.25) is 15.9 Å². The van der Waals surface area contributed by atoms with Gasteiger partial charge in [-0.2, -0.15) is 4.31 Å². The van der Waals surface area contributed by atoms with Crippen molar-refractivity contribution in [2.75, 3.05) is 33.9 Å². The number of aromatic nitrogens is 3. The molecule has 2 aromatic rings. The average Bonchev–Trinajstić information content (AvgIpc) is 3.30. The van der Waals surface area contributed by atoms with Crippen LogP contribution >= 0.6 is 0 Å². The Morgan fingerprint density at radius 3 is 2.80 bits per heavy atom. The molecule has 1 aromatic carbocycles. The van der Waals surface area contributed by atoms with E-state index in [0.29, 0.717) is 25.9 Å². The minimum absolute atomic E-state index is 0.0542. The summed E-state index contributed by atoms with van der Waals surface area (Å²) in [5.74, 6) is -0.0445. The first kappa shape index (κ1) is 27.1. The van der Waals surface area contributed by atoms with Gasteiger partial charge in [-0.25, -0.2) is 13.1 Å². The smallest absolute Gasteiger partial charge is 0.246 e. The SMILES string of the molecule is COc1ccccc1S(=O)(=O)N(C)C[C@H]1OCc2cnnn2CCCC(=O)N([C@@H](C)CO)C[C@@H]1C. The fourth-order valence-electron chi connectivity index (χ4n) is 4.10. The topological polar surface area (TPSA) is 127 Å². The third kappa shape index (κ3) is 6.37. The van der Waals surface area contributed by atoms with Crippen LogP contribution in [-0.2, 0) is 32.7 Å². The van der Waals surface area contributed by atoms with Gasteiger partial charge in [0.25, 0.3) is 0 Å². The second-order valence-corrected chi connectivity index (χ2v) is 10.9. The first-order valence-corrected chi connectivity index (χ1v) is 13.1. The lowest BCUT2D eigenvalue weighted by molar-refractivity contribution is -0.136. The van der Waals surface area contributed by atoms with Crippen molar-refractivity contribution in [3.63, 3.8) is 0 Å². The maximum absolute atomic E-state index is 13.4. The number of aliphatic hydroxyl groups is 1. The normalized spacial score (nSPS) is 21.2. The van der Waals surface area contributed by atoms with Crippen molar-refractivity contribution in [3.8, 4) is 5.75 Å². The molecule has 0 aliphatic carbocycles.